The van der Waals surface area contributed by atoms with Crippen LogP contribution < -0.4 is 11.1 Å². The van der Waals surface area contributed by atoms with E-state index in [0.717, 1.165) is 19.4 Å². The van der Waals surface area contributed by atoms with Gasteiger partial charge in [-0.05, 0) is 50.9 Å². The highest BCUT2D eigenvalue weighted by molar-refractivity contribution is 6.31. The van der Waals surface area contributed by atoms with Crippen molar-refractivity contribution in [1.29, 1.82) is 0 Å². The molecule has 21 heavy (non-hydrogen) atoms. The maximum atomic E-state index is 12.5. The zero-order chi connectivity index (χ0) is 15.4. The predicted molar refractivity (Wildman–Crippen MR) is 88.6 cm³/mol. The second-order valence-electron chi connectivity index (χ2n) is 5.69. The van der Waals surface area contributed by atoms with Crippen molar-refractivity contribution in [2.24, 2.45) is 0 Å². The molecule has 1 aromatic carbocycles. The number of nitrogens with one attached hydrogen (secondary N) is 1. The lowest BCUT2D eigenvalue weighted by molar-refractivity contribution is -0.122. The molecule has 3 N–H and O–H groups in total. The van der Waals surface area contributed by atoms with E-state index in [0.29, 0.717) is 22.4 Å². The number of carbonyl (C=O) groups is 1. The number of rotatable bonds is 4. The van der Waals surface area contributed by atoms with E-state index in [1.165, 1.54) is 12.8 Å². The Labute approximate surface area is 131 Å². The number of amides is 1. The molecule has 0 radical (unpaired) electrons. The van der Waals surface area contributed by atoms with E-state index >= 15 is 0 Å². The normalized spacial score (nSPS) is 21.0. The van der Waals surface area contributed by atoms with Gasteiger partial charge in [-0.25, -0.2) is 0 Å². The molecule has 2 rings (SSSR count). The summed E-state index contributed by atoms with van der Waals surface area (Å²) in [6.45, 7) is 5.14. The second kappa shape index (κ2) is 7.14. The highest BCUT2D eigenvalue weighted by Gasteiger charge is 2.29. The number of halogens is 1. The van der Waals surface area contributed by atoms with Crippen LogP contribution in [0.2, 0.25) is 5.02 Å². The molecule has 0 aliphatic carbocycles. The zero-order valence-corrected chi connectivity index (χ0v) is 13.5. The highest BCUT2D eigenvalue weighted by Crippen LogP contribution is 2.25. The Morgan fingerprint density at radius 2 is 2.29 bits per heavy atom. The van der Waals surface area contributed by atoms with Crippen molar-refractivity contribution in [2.75, 3.05) is 17.6 Å². The molecular weight excluding hydrogens is 286 g/mol. The van der Waals surface area contributed by atoms with Crippen LogP contribution in [0.5, 0.6) is 0 Å². The van der Waals surface area contributed by atoms with Crippen LogP contribution in [0.4, 0.5) is 11.4 Å². The largest absolute Gasteiger partial charge is 0.397 e. The molecule has 1 amide bonds. The number of likely N-dealkylation sites (tertiary alicyclic amines) is 1. The average molecular weight is 310 g/mol. The minimum atomic E-state index is -0.148. The number of anilines is 2. The van der Waals surface area contributed by atoms with Crippen LogP contribution in [-0.4, -0.2) is 29.4 Å². The number of nitrogen functional groups attached to an aromatic ring is 1. The quantitative estimate of drug-likeness (QED) is 0.837. The van der Waals surface area contributed by atoms with Gasteiger partial charge in [0.05, 0.1) is 17.4 Å². The first-order chi connectivity index (χ1) is 10.0. The Morgan fingerprint density at radius 3 is 2.95 bits per heavy atom. The maximum absolute atomic E-state index is 12.5. The van der Waals surface area contributed by atoms with E-state index in [2.05, 4.69) is 17.1 Å². The molecule has 0 aromatic heterocycles. The van der Waals surface area contributed by atoms with Crippen LogP contribution in [0.25, 0.3) is 0 Å². The molecule has 1 aliphatic rings. The van der Waals surface area contributed by atoms with Gasteiger partial charge in [-0.15, -0.1) is 0 Å². The third-order valence-electron chi connectivity index (χ3n) is 4.29. The summed E-state index contributed by atoms with van der Waals surface area (Å²) in [5.74, 6) is -0.00984. The minimum Gasteiger partial charge on any atom is -0.397 e. The van der Waals surface area contributed by atoms with Gasteiger partial charge in [0.25, 0.3) is 0 Å². The Hall–Kier alpha value is -1.26. The van der Waals surface area contributed by atoms with Gasteiger partial charge >= 0.3 is 0 Å². The molecule has 1 heterocycles. The topological polar surface area (TPSA) is 58.4 Å². The predicted octanol–water partition coefficient (Wildman–Crippen LogP) is 3.51. The number of benzene rings is 1. The highest BCUT2D eigenvalue weighted by atomic mass is 35.5. The van der Waals surface area contributed by atoms with Crippen LogP contribution >= 0.6 is 11.6 Å². The first-order valence-electron chi connectivity index (χ1n) is 7.64. The van der Waals surface area contributed by atoms with Gasteiger partial charge in [-0.2, -0.15) is 0 Å². The summed E-state index contributed by atoms with van der Waals surface area (Å²) >= 11 is 5.87. The van der Waals surface area contributed by atoms with E-state index in [-0.39, 0.29) is 11.9 Å². The average Bonchev–Trinajstić information content (AvgIpc) is 2.49. The molecule has 0 bridgehead atoms. The molecule has 1 fully saturated rings. The van der Waals surface area contributed by atoms with E-state index in [9.17, 15) is 4.79 Å². The summed E-state index contributed by atoms with van der Waals surface area (Å²) in [4.78, 5) is 14.8. The fraction of sp³-hybridized carbons (Fsp3) is 0.562. The van der Waals surface area contributed by atoms with Gasteiger partial charge in [0.2, 0.25) is 5.91 Å². The Bertz CT molecular complexity index is 506. The molecule has 1 saturated heterocycles. The van der Waals surface area contributed by atoms with Crippen molar-refractivity contribution in [3.05, 3.63) is 23.2 Å². The lowest BCUT2D eigenvalue weighted by Crippen LogP contribution is -2.49. The minimum absolute atomic E-state index is 0.00984. The van der Waals surface area contributed by atoms with Crippen LogP contribution in [-0.2, 0) is 4.79 Å². The SMILES string of the molecule is CCC1CCCCN1C(C)C(=O)Nc1ccc(Cl)cc1N. The molecule has 2 unspecified atom stereocenters. The van der Waals surface area contributed by atoms with Crippen LogP contribution in [0, 0.1) is 0 Å². The summed E-state index contributed by atoms with van der Waals surface area (Å²) in [5, 5.41) is 3.48. The molecular formula is C16H24ClN3O. The lowest BCUT2D eigenvalue weighted by Gasteiger charge is -2.38. The maximum Gasteiger partial charge on any atom is 0.241 e. The van der Waals surface area contributed by atoms with Crippen molar-refractivity contribution in [1.82, 2.24) is 4.90 Å². The van der Waals surface area contributed by atoms with E-state index in [1.54, 1.807) is 18.2 Å². The molecule has 5 heteroatoms. The summed E-state index contributed by atoms with van der Waals surface area (Å²) < 4.78 is 0. The van der Waals surface area contributed by atoms with Crippen molar-refractivity contribution in [2.45, 2.75) is 51.6 Å². The lowest BCUT2D eigenvalue weighted by atomic mass is 9.98. The third kappa shape index (κ3) is 3.89. The number of nitrogens with zero attached hydrogens (tertiary/aromatic N) is 1. The monoisotopic (exact) mass is 309 g/mol. The van der Waals surface area contributed by atoms with Crippen molar-refractivity contribution >= 4 is 28.9 Å². The van der Waals surface area contributed by atoms with E-state index < -0.39 is 0 Å². The fourth-order valence-electron chi connectivity index (χ4n) is 3.01. The fourth-order valence-corrected chi connectivity index (χ4v) is 3.19. The number of piperidine rings is 1. The number of hydrogen-bond acceptors (Lipinski definition) is 3. The van der Waals surface area contributed by atoms with Gasteiger partial charge in [0.15, 0.2) is 0 Å². The van der Waals surface area contributed by atoms with Crippen LogP contribution in [0.3, 0.4) is 0 Å². The standard InChI is InChI=1S/C16H24ClN3O/c1-3-13-6-4-5-9-20(13)11(2)16(21)19-15-8-7-12(17)10-14(15)18/h7-8,10-11,13H,3-6,9,18H2,1-2H3,(H,19,21). The zero-order valence-electron chi connectivity index (χ0n) is 12.7. The first kappa shape index (κ1) is 16.1. The Balaban J connectivity index is 2.04. The third-order valence-corrected chi connectivity index (χ3v) is 4.53. The van der Waals surface area contributed by atoms with Crippen molar-refractivity contribution in [3.63, 3.8) is 0 Å². The van der Waals surface area contributed by atoms with Gasteiger partial charge in [-0.1, -0.05) is 24.9 Å². The summed E-state index contributed by atoms with van der Waals surface area (Å²) in [5.41, 5.74) is 7.01. The van der Waals surface area contributed by atoms with Crippen molar-refractivity contribution < 1.29 is 4.79 Å². The molecule has 0 saturated carbocycles. The molecule has 0 spiro atoms. The van der Waals surface area contributed by atoms with Gasteiger partial charge < -0.3 is 11.1 Å². The van der Waals surface area contributed by atoms with Crippen molar-refractivity contribution in [3.8, 4) is 0 Å². The number of carbonyl (C=O) groups excluding carboxylic acids is 1. The molecule has 1 aliphatic heterocycles. The van der Waals surface area contributed by atoms with Crippen LogP contribution in [0.15, 0.2) is 18.2 Å². The van der Waals surface area contributed by atoms with E-state index in [1.807, 2.05) is 6.92 Å². The molecule has 4 nitrogen and oxygen atoms in total. The smallest absolute Gasteiger partial charge is 0.241 e. The summed E-state index contributed by atoms with van der Waals surface area (Å²) in [6.07, 6.45) is 4.68. The van der Waals surface area contributed by atoms with Gasteiger partial charge in [0.1, 0.15) is 0 Å². The Kier molecular flexibility index (Phi) is 5.48. The second-order valence-corrected chi connectivity index (χ2v) is 6.13. The number of nitrogens with two attached hydrogens (primary N) is 1. The van der Waals surface area contributed by atoms with E-state index in [4.69, 9.17) is 17.3 Å². The first-order valence-corrected chi connectivity index (χ1v) is 8.02. The Morgan fingerprint density at radius 1 is 1.52 bits per heavy atom. The van der Waals surface area contributed by atoms with Crippen LogP contribution in [0.1, 0.15) is 39.5 Å². The number of hydrogen-bond donors (Lipinski definition) is 2. The van der Waals surface area contributed by atoms with Gasteiger partial charge in [-0.3, -0.25) is 9.69 Å². The van der Waals surface area contributed by atoms with Gasteiger partial charge in [0, 0.05) is 11.1 Å². The molecule has 2 atom stereocenters. The molecule has 116 valence electrons. The summed E-state index contributed by atoms with van der Waals surface area (Å²) in [6, 6.07) is 5.48. The summed E-state index contributed by atoms with van der Waals surface area (Å²) in [7, 11) is 0. The molecule has 1 aromatic rings.